The Morgan fingerprint density at radius 2 is 1.96 bits per heavy atom. The normalized spacial score (nSPS) is 29.4. The van der Waals surface area contributed by atoms with Gasteiger partial charge in [0.05, 0.1) is 18.6 Å². The number of carbonyl (C=O) groups excluding carboxylic acids is 2. The predicted octanol–water partition coefficient (Wildman–Crippen LogP) is 0.344. The van der Waals surface area contributed by atoms with Gasteiger partial charge in [0.1, 0.15) is 18.2 Å². The van der Waals surface area contributed by atoms with Crippen LogP contribution in [0.2, 0.25) is 0 Å². The van der Waals surface area contributed by atoms with Gasteiger partial charge in [-0.3, -0.25) is 19.8 Å². The van der Waals surface area contributed by atoms with Gasteiger partial charge in [-0.25, -0.2) is 0 Å². The molecule has 0 aliphatic carbocycles. The molecule has 2 aliphatic rings. The Hall–Kier alpha value is -1.96. The summed E-state index contributed by atoms with van der Waals surface area (Å²) in [4.78, 5) is 27.1. The van der Waals surface area contributed by atoms with Crippen molar-refractivity contribution in [2.45, 2.75) is 50.6 Å². The highest BCUT2D eigenvalue weighted by atomic mass is 16.5. The summed E-state index contributed by atoms with van der Waals surface area (Å²) in [7, 11) is 1.51. The fraction of sp³-hybridized carbons (Fsp3) is 0.529. The van der Waals surface area contributed by atoms with Crippen LogP contribution >= 0.6 is 0 Å². The van der Waals surface area contributed by atoms with Gasteiger partial charge in [0, 0.05) is 5.56 Å². The van der Waals surface area contributed by atoms with Crippen molar-refractivity contribution in [2.75, 3.05) is 7.11 Å². The zero-order chi connectivity index (χ0) is 17.6. The Bertz CT molecular complexity index is 688. The van der Waals surface area contributed by atoms with E-state index in [2.05, 4.69) is 5.32 Å². The molecule has 1 fully saturated rings. The average Bonchev–Trinajstić information content (AvgIpc) is 2.54. The lowest BCUT2D eigenvalue weighted by molar-refractivity contribution is -0.142. The summed E-state index contributed by atoms with van der Waals surface area (Å²) in [5, 5.41) is 22.4. The number of piperidine rings is 1. The van der Waals surface area contributed by atoms with Crippen LogP contribution in [0.4, 0.5) is 0 Å². The highest BCUT2D eigenvalue weighted by Gasteiger charge is 2.49. The third kappa shape index (κ3) is 2.49. The van der Waals surface area contributed by atoms with Crippen molar-refractivity contribution in [1.29, 1.82) is 0 Å². The van der Waals surface area contributed by atoms with Gasteiger partial charge in [-0.1, -0.05) is 6.07 Å². The molecule has 0 bridgehead atoms. The van der Waals surface area contributed by atoms with Gasteiger partial charge in [-0.05, 0) is 44.4 Å². The van der Waals surface area contributed by atoms with E-state index in [4.69, 9.17) is 4.74 Å². The fourth-order valence-electron chi connectivity index (χ4n) is 3.46. The van der Waals surface area contributed by atoms with Gasteiger partial charge >= 0.3 is 0 Å². The van der Waals surface area contributed by atoms with Crippen molar-refractivity contribution in [3.8, 4) is 5.75 Å². The number of aliphatic hydroxyl groups is 2. The SMILES string of the molecule is COc1ccc2c(c1)C(=O)N(C1CCC(O)NC1O)C(=O)C2(C)C. The van der Waals surface area contributed by atoms with E-state index in [-0.39, 0.29) is 5.91 Å². The summed E-state index contributed by atoms with van der Waals surface area (Å²) in [5.74, 6) is -0.271. The van der Waals surface area contributed by atoms with E-state index in [9.17, 15) is 19.8 Å². The van der Waals surface area contributed by atoms with Gasteiger partial charge in [0.25, 0.3) is 5.91 Å². The molecule has 3 unspecified atom stereocenters. The molecule has 0 aromatic heterocycles. The third-order valence-corrected chi connectivity index (χ3v) is 4.90. The smallest absolute Gasteiger partial charge is 0.261 e. The lowest BCUT2D eigenvalue weighted by atomic mass is 9.76. The molecule has 3 N–H and O–H groups in total. The molecule has 3 atom stereocenters. The van der Waals surface area contributed by atoms with Crippen molar-refractivity contribution in [3.05, 3.63) is 29.3 Å². The van der Waals surface area contributed by atoms with Crippen molar-refractivity contribution in [1.82, 2.24) is 10.2 Å². The second-order valence-electron chi connectivity index (χ2n) is 6.79. The second kappa shape index (κ2) is 5.84. The number of fused-ring (bicyclic) bond motifs is 1. The van der Waals surface area contributed by atoms with Gasteiger partial charge in [0.2, 0.25) is 5.91 Å². The van der Waals surface area contributed by atoms with Crippen LogP contribution < -0.4 is 10.1 Å². The summed E-state index contributed by atoms with van der Waals surface area (Å²) < 4.78 is 5.19. The summed E-state index contributed by atoms with van der Waals surface area (Å²) in [6, 6.07) is 4.37. The number of imide groups is 1. The highest BCUT2D eigenvalue weighted by Crippen LogP contribution is 2.38. The van der Waals surface area contributed by atoms with Gasteiger partial charge in [0.15, 0.2) is 0 Å². The van der Waals surface area contributed by atoms with E-state index in [0.717, 1.165) is 4.90 Å². The molecule has 3 rings (SSSR count). The largest absolute Gasteiger partial charge is 0.497 e. The minimum Gasteiger partial charge on any atom is -0.497 e. The Balaban J connectivity index is 2.06. The second-order valence-corrected chi connectivity index (χ2v) is 6.79. The quantitative estimate of drug-likeness (QED) is 0.675. The molecule has 2 heterocycles. The monoisotopic (exact) mass is 334 g/mol. The van der Waals surface area contributed by atoms with Crippen LogP contribution in [0, 0.1) is 0 Å². The fourth-order valence-corrected chi connectivity index (χ4v) is 3.46. The van der Waals surface area contributed by atoms with Gasteiger partial charge in [-0.2, -0.15) is 0 Å². The molecule has 0 spiro atoms. The van der Waals surface area contributed by atoms with E-state index in [1.54, 1.807) is 32.0 Å². The molecule has 24 heavy (non-hydrogen) atoms. The molecule has 2 amide bonds. The van der Waals surface area contributed by atoms with Crippen molar-refractivity contribution >= 4 is 11.8 Å². The molecular formula is C17H22N2O5. The zero-order valence-electron chi connectivity index (χ0n) is 13.9. The number of nitrogens with zero attached hydrogens (tertiary/aromatic N) is 1. The molecule has 7 nitrogen and oxygen atoms in total. The van der Waals surface area contributed by atoms with Crippen molar-refractivity contribution in [3.63, 3.8) is 0 Å². The lowest BCUT2D eigenvalue weighted by Crippen LogP contribution is -2.63. The van der Waals surface area contributed by atoms with Gasteiger partial charge < -0.3 is 14.9 Å². The molecule has 7 heteroatoms. The van der Waals surface area contributed by atoms with Crippen LogP contribution in [0.1, 0.15) is 42.6 Å². The first-order valence-corrected chi connectivity index (χ1v) is 7.96. The summed E-state index contributed by atoms with van der Waals surface area (Å²) >= 11 is 0. The van der Waals surface area contributed by atoms with E-state index in [1.807, 2.05) is 0 Å². The number of nitrogens with one attached hydrogen (secondary N) is 1. The molecule has 2 aliphatic heterocycles. The predicted molar refractivity (Wildman–Crippen MR) is 85.4 cm³/mol. The molecular weight excluding hydrogens is 312 g/mol. The Morgan fingerprint density at radius 3 is 2.58 bits per heavy atom. The van der Waals surface area contributed by atoms with Gasteiger partial charge in [-0.15, -0.1) is 0 Å². The van der Waals surface area contributed by atoms with Crippen LogP contribution in [0.5, 0.6) is 5.75 Å². The third-order valence-electron chi connectivity index (χ3n) is 4.90. The molecule has 1 aromatic carbocycles. The van der Waals surface area contributed by atoms with Crippen LogP contribution in [0.25, 0.3) is 0 Å². The molecule has 1 aromatic rings. The molecule has 130 valence electrons. The lowest BCUT2D eigenvalue weighted by Gasteiger charge is -2.44. The number of hydrogen-bond acceptors (Lipinski definition) is 6. The number of methoxy groups -OCH3 is 1. The first kappa shape index (κ1) is 16.9. The Morgan fingerprint density at radius 1 is 1.25 bits per heavy atom. The maximum Gasteiger partial charge on any atom is 0.261 e. The minimum absolute atomic E-state index is 0.336. The van der Waals surface area contributed by atoms with Crippen molar-refractivity contribution < 1.29 is 24.5 Å². The Labute approximate surface area is 140 Å². The van der Waals surface area contributed by atoms with E-state index in [1.165, 1.54) is 7.11 Å². The van der Waals surface area contributed by atoms with Crippen LogP contribution in [0.15, 0.2) is 18.2 Å². The summed E-state index contributed by atoms with van der Waals surface area (Å²) in [6.07, 6.45) is -1.32. The van der Waals surface area contributed by atoms with E-state index < -0.39 is 29.8 Å². The number of carbonyl (C=O) groups is 2. The topological polar surface area (TPSA) is 99.1 Å². The summed E-state index contributed by atoms with van der Waals surface area (Å²) in [6.45, 7) is 3.52. The molecule has 0 saturated carbocycles. The van der Waals surface area contributed by atoms with Crippen LogP contribution in [-0.2, 0) is 10.2 Å². The minimum atomic E-state index is -1.16. The van der Waals surface area contributed by atoms with E-state index >= 15 is 0 Å². The maximum absolute atomic E-state index is 13.0. The number of amides is 2. The molecule has 0 radical (unpaired) electrons. The average molecular weight is 334 g/mol. The first-order chi connectivity index (χ1) is 11.3. The molecule has 1 saturated heterocycles. The number of benzene rings is 1. The zero-order valence-corrected chi connectivity index (χ0v) is 13.9. The standard InChI is InChI=1S/C17H22N2O5/c1-17(2)11-5-4-9(24-3)8-10(11)15(22)19(16(17)23)12-6-7-13(20)18-14(12)21/h4-5,8,12-14,18,20-21H,6-7H2,1-3H3. The highest BCUT2D eigenvalue weighted by molar-refractivity contribution is 6.13. The first-order valence-electron chi connectivity index (χ1n) is 7.96. The number of aliphatic hydroxyl groups excluding tert-OH is 2. The number of rotatable bonds is 2. The number of hydrogen-bond donors (Lipinski definition) is 3. The van der Waals surface area contributed by atoms with Crippen LogP contribution in [-0.4, -0.2) is 52.5 Å². The Kier molecular flexibility index (Phi) is 4.11. The summed E-state index contributed by atoms with van der Waals surface area (Å²) in [5.41, 5.74) is 0.149. The number of ether oxygens (including phenoxy) is 1. The van der Waals surface area contributed by atoms with E-state index in [0.29, 0.717) is 29.7 Å². The van der Waals surface area contributed by atoms with Crippen LogP contribution in [0.3, 0.4) is 0 Å². The maximum atomic E-state index is 13.0. The van der Waals surface area contributed by atoms with Crippen molar-refractivity contribution in [2.24, 2.45) is 0 Å².